The van der Waals surface area contributed by atoms with Crippen LogP contribution < -0.4 is 19.7 Å². The van der Waals surface area contributed by atoms with Crippen molar-refractivity contribution in [1.29, 1.82) is 0 Å². The van der Waals surface area contributed by atoms with Gasteiger partial charge in [0.1, 0.15) is 11.5 Å². The van der Waals surface area contributed by atoms with Crippen LogP contribution >= 0.6 is 0 Å². The number of hydrogen-bond acceptors (Lipinski definition) is 4. The average Bonchev–Trinajstić information content (AvgIpc) is 2.60. The zero-order valence-corrected chi connectivity index (χ0v) is 14.0. The Bertz CT molecular complexity index is 761. The van der Waals surface area contributed by atoms with E-state index in [1.165, 1.54) is 6.92 Å². The molecule has 0 spiro atoms. The van der Waals surface area contributed by atoms with Crippen LogP contribution in [-0.2, 0) is 9.59 Å². The summed E-state index contributed by atoms with van der Waals surface area (Å²) in [7, 11) is 0. The molecule has 1 aliphatic rings. The smallest absolute Gasteiger partial charge is 0.265 e. The Hall–Kier alpha value is -3.02. The third-order valence-corrected chi connectivity index (χ3v) is 3.76. The number of para-hydroxylation sites is 1. The summed E-state index contributed by atoms with van der Waals surface area (Å²) in [6.45, 7) is 2.51. The molecule has 1 aliphatic heterocycles. The molecule has 0 saturated carbocycles. The highest BCUT2D eigenvalue weighted by atomic mass is 16.5. The van der Waals surface area contributed by atoms with E-state index < -0.39 is 0 Å². The highest BCUT2D eigenvalue weighted by Crippen LogP contribution is 2.34. The molecule has 1 N–H and O–H groups in total. The first-order valence-corrected chi connectivity index (χ1v) is 8.16. The summed E-state index contributed by atoms with van der Waals surface area (Å²) < 4.78 is 11.2. The van der Waals surface area contributed by atoms with E-state index in [-0.39, 0.29) is 18.4 Å². The lowest BCUT2D eigenvalue weighted by Crippen LogP contribution is -2.39. The van der Waals surface area contributed by atoms with Crippen LogP contribution in [0, 0.1) is 0 Å². The maximum Gasteiger partial charge on any atom is 0.265 e. The number of anilines is 2. The Morgan fingerprint density at radius 1 is 1.24 bits per heavy atom. The highest BCUT2D eigenvalue weighted by Gasteiger charge is 2.25. The quantitative estimate of drug-likeness (QED) is 0.821. The predicted molar refractivity (Wildman–Crippen MR) is 95.1 cm³/mol. The molecule has 3 rings (SSSR count). The van der Waals surface area contributed by atoms with Gasteiger partial charge in [0.05, 0.1) is 12.3 Å². The zero-order valence-electron chi connectivity index (χ0n) is 14.0. The van der Waals surface area contributed by atoms with Gasteiger partial charge in [0, 0.05) is 25.2 Å². The fourth-order valence-electron chi connectivity index (χ4n) is 2.66. The number of nitrogens with one attached hydrogen (secondary N) is 1. The van der Waals surface area contributed by atoms with E-state index in [1.807, 2.05) is 30.3 Å². The molecule has 2 aromatic rings. The number of benzene rings is 2. The van der Waals surface area contributed by atoms with E-state index in [2.05, 4.69) is 5.32 Å². The van der Waals surface area contributed by atoms with Gasteiger partial charge in [-0.1, -0.05) is 18.2 Å². The molecule has 0 bridgehead atoms. The zero-order chi connectivity index (χ0) is 17.6. The third kappa shape index (κ3) is 4.29. The van der Waals surface area contributed by atoms with Gasteiger partial charge < -0.3 is 19.7 Å². The van der Waals surface area contributed by atoms with Crippen LogP contribution in [0.1, 0.15) is 13.3 Å². The Labute approximate surface area is 146 Å². The molecule has 0 saturated heterocycles. The molecule has 25 heavy (non-hydrogen) atoms. The SMILES string of the molecule is CC(=O)Nc1ccc2c(c1)OCC(=O)N2CCCOc1ccccc1. The van der Waals surface area contributed by atoms with Crippen molar-refractivity contribution >= 4 is 23.2 Å². The number of hydrogen-bond donors (Lipinski definition) is 1. The topological polar surface area (TPSA) is 67.9 Å². The van der Waals surface area contributed by atoms with Gasteiger partial charge in [0.25, 0.3) is 5.91 Å². The molecule has 0 aliphatic carbocycles. The third-order valence-electron chi connectivity index (χ3n) is 3.76. The fraction of sp³-hybridized carbons (Fsp3) is 0.263. The van der Waals surface area contributed by atoms with Crippen molar-refractivity contribution in [3.05, 3.63) is 48.5 Å². The number of carbonyl (C=O) groups is 2. The van der Waals surface area contributed by atoms with Crippen LogP contribution in [-0.4, -0.2) is 31.6 Å². The second-order valence-electron chi connectivity index (χ2n) is 5.71. The standard InChI is InChI=1S/C19H20N2O4/c1-14(22)20-15-8-9-17-18(12-15)25-13-19(23)21(17)10-5-11-24-16-6-3-2-4-7-16/h2-4,6-9,12H,5,10-11,13H2,1H3,(H,20,22). The molecule has 2 aromatic carbocycles. The molecular weight excluding hydrogens is 320 g/mol. The van der Waals surface area contributed by atoms with E-state index in [4.69, 9.17) is 9.47 Å². The summed E-state index contributed by atoms with van der Waals surface area (Å²) in [6, 6.07) is 14.9. The first-order chi connectivity index (χ1) is 12.1. The lowest BCUT2D eigenvalue weighted by atomic mass is 10.2. The minimum atomic E-state index is -0.151. The van der Waals surface area contributed by atoms with Crippen LogP contribution in [0.15, 0.2) is 48.5 Å². The van der Waals surface area contributed by atoms with Gasteiger partial charge >= 0.3 is 0 Å². The minimum absolute atomic E-state index is 0.00390. The van der Waals surface area contributed by atoms with Crippen molar-refractivity contribution in [2.75, 3.05) is 30.0 Å². The monoisotopic (exact) mass is 340 g/mol. The molecule has 0 radical (unpaired) electrons. The molecule has 0 aromatic heterocycles. The second-order valence-corrected chi connectivity index (χ2v) is 5.71. The molecule has 0 unspecified atom stereocenters. The van der Waals surface area contributed by atoms with E-state index in [0.717, 1.165) is 5.75 Å². The first-order valence-electron chi connectivity index (χ1n) is 8.16. The number of ether oxygens (including phenoxy) is 2. The summed E-state index contributed by atoms with van der Waals surface area (Å²) in [5, 5.41) is 2.71. The summed E-state index contributed by atoms with van der Waals surface area (Å²) in [5.74, 6) is 1.17. The van der Waals surface area contributed by atoms with E-state index >= 15 is 0 Å². The van der Waals surface area contributed by atoms with Gasteiger partial charge in [-0.25, -0.2) is 0 Å². The molecule has 6 heteroatoms. The number of nitrogens with zero attached hydrogens (tertiary/aromatic N) is 1. The van der Waals surface area contributed by atoms with Gasteiger partial charge in [-0.05, 0) is 30.7 Å². The van der Waals surface area contributed by atoms with Crippen molar-refractivity contribution in [1.82, 2.24) is 0 Å². The molecule has 0 atom stereocenters. The maximum absolute atomic E-state index is 12.2. The normalized spacial score (nSPS) is 13.0. The number of fused-ring (bicyclic) bond motifs is 1. The number of carbonyl (C=O) groups excluding carboxylic acids is 2. The predicted octanol–water partition coefficient (Wildman–Crippen LogP) is 2.84. The van der Waals surface area contributed by atoms with Gasteiger partial charge in [-0.15, -0.1) is 0 Å². The van der Waals surface area contributed by atoms with Crippen molar-refractivity contribution in [2.24, 2.45) is 0 Å². The van der Waals surface area contributed by atoms with Crippen molar-refractivity contribution < 1.29 is 19.1 Å². The highest BCUT2D eigenvalue weighted by molar-refractivity contribution is 5.98. The van der Waals surface area contributed by atoms with Crippen LogP contribution in [0.2, 0.25) is 0 Å². The van der Waals surface area contributed by atoms with E-state index in [0.29, 0.717) is 36.7 Å². The van der Waals surface area contributed by atoms with Gasteiger partial charge in [-0.3, -0.25) is 9.59 Å². The van der Waals surface area contributed by atoms with Gasteiger partial charge in [0.15, 0.2) is 6.61 Å². The lowest BCUT2D eigenvalue weighted by molar-refractivity contribution is -0.121. The molecule has 2 amide bonds. The Kier molecular flexibility index (Phi) is 5.18. The summed E-state index contributed by atoms with van der Waals surface area (Å²) in [6.07, 6.45) is 0.702. The number of amides is 2. The first kappa shape index (κ1) is 16.8. The number of rotatable bonds is 6. The molecule has 0 fully saturated rings. The fourth-order valence-corrected chi connectivity index (χ4v) is 2.66. The average molecular weight is 340 g/mol. The second kappa shape index (κ2) is 7.70. The van der Waals surface area contributed by atoms with Crippen molar-refractivity contribution in [3.63, 3.8) is 0 Å². The molecular formula is C19H20N2O4. The lowest BCUT2D eigenvalue weighted by Gasteiger charge is -2.29. The Morgan fingerprint density at radius 3 is 2.80 bits per heavy atom. The van der Waals surface area contributed by atoms with E-state index in [1.54, 1.807) is 23.1 Å². The van der Waals surface area contributed by atoms with Crippen molar-refractivity contribution in [2.45, 2.75) is 13.3 Å². The van der Waals surface area contributed by atoms with Crippen molar-refractivity contribution in [3.8, 4) is 11.5 Å². The van der Waals surface area contributed by atoms with Gasteiger partial charge in [-0.2, -0.15) is 0 Å². The van der Waals surface area contributed by atoms with Crippen LogP contribution in [0.25, 0.3) is 0 Å². The Morgan fingerprint density at radius 2 is 2.04 bits per heavy atom. The summed E-state index contributed by atoms with van der Waals surface area (Å²) in [4.78, 5) is 25.0. The largest absolute Gasteiger partial charge is 0.494 e. The van der Waals surface area contributed by atoms with Crippen LogP contribution in [0.5, 0.6) is 11.5 Å². The van der Waals surface area contributed by atoms with Crippen LogP contribution in [0.3, 0.4) is 0 Å². The maximum atomic E-state index is 12.2. The van der Waals surface area contributed by atoms with E-state index in [9.17, 15) is 9.59 Å². The van der Waals surface area contributed by atoms with Gasteiger partial charge in [0.2, 0.25) is 5.91 Å². The molecule has 1 heterocycles. The Balaban J connectivity index is 1.62. The molecule has 130 valence electrons. The van der Waals surface area contributed by atoms with Crippen LogP contribution in [0.4, 0.5) is 11.4 Å². The summed E-state index contributed by atoms with van der Waals surface area (Å²) in [5.41, 5.74) is 1.36. The summed E-state index contributed by atoms with van der Waals surface area (Å²) >= 11 is 0. The minimum Gasteiger partial charge on any atom is -0.494 e. The molecule has 6 nitrogen and oxygen atoms in total.